The number of furan rings is 1. The number of rotatable bonds is 5. The second-order valence-electron chi connectivity index (χ2n) is 11.6. The van der Waals surface area contributed by atoms with E-state index in [2.05, 4.69) is 162 Å². The fourth-order valence-corrected chi connectivity index (χ4v) is 6.70. The average Bonchev–Trinajstić information content (AvgIpc) is 3.50. The van der Waals surface area contributed by atoms with Gasteiger partial charge in [0.05, 0.1) is 0 Å². The second-order valence-corrected chi connectivity index (χ2v) is 11.6. The Hall–Kier alpha value is -6.19. The van der Waals surface area contributed by atoms with Gasteiger partial charge in [0.15, 0.2) is 0 Å². The first kappa shape index (κ1) is 26.2. The van der Waals surface area contributed by atoms with E-state index >= 15 is 0 Å². The van der Waals surface area contributed by atoms with Crippen molar-refractivity contribution in [3.8, 4) is 22.3 Å². The zero-order valence-corrected chi connectivity index (χ0v) is 25.0. The molecule has 2 heterocycles. The normalized spacial score (nSPS) is 11.5. The maximum Gasteiger partial charge on any atom is 0.227 e. The Bertz CT molecular complexity index is 2510. The quantitative estimate of drug-likeness (QED) is 0.187. The minimum atomic E-state index is 0.653. The van der Waals surface area contributed by atoms with E-state index in [1.165, 1.54) is 43.8 Å². The maximum absolute atomic E-state index is 6.21. The fraction of sp³-hybridized carbons (Fsp3) is 0. The molecule has 3 heteroatoms. The summed E-state index contributed by atoms with van der Waals surface area (Å²) in [5, 5.41) is 7.13. The Kier molecular flexibility index (Phi) is 6.14. The second kappa shape index (κ2) is 10.8. The molecule has 3 nitrogen and oxygen atoms in total. The van der Waals surface area contributed by atoms with Crippen LogP contribution in [0.3, 0.4) is 0 Å². The summed E-state index contributed by atoms with van der Waals surface area (Å²) >= 11 is 0. The molecule has 0 fully saturated rings. The third-order valence-corrected chi connectivity index (χ3v) is 8.93. The first-order valence-electron chi connectivity index (χ1n) is 15.5. The topological polar surface area (TPSA) is 29.3 Å². The number of pyridine rings is 1. The zero-order valence-electron chi connectivity index (χ0n) is 25.0. The van der Waals surface area contributed by atoms with Gasteiger partial charge in [-0.15, -0.1) is 0 Å². The highest BCUT2D eigenvalue weighted by atomic mass is 16.3. The molecule has 0 aliphatic carbocycles. The van der Waals surface area contributed by atoms with Crippen molar-refractivity contribution in [1.82, 2.24) is 4.98 Å². The molecule has 0 aliphatic heterocycles. The summed E-state index contributed by atoms with van der Waals surface area (Å²) in [5.41, 5.74) is 9.41. The van der Waals surface area contributed by atoms with Gasteiger partial charge in [0.1, 0.15) is 5.58 Å². The van der Waals surface area contributed by atoms with Crippen LogP contribution in [0.2, 0.25) is 0 Å². The molecule has 0 saturated carbocycles. The van der Waals surface area contributed by atoms with Crippen LogP contribution in [0, 0.1) is 0 Å². The van der Waals surface area contributed by atoms with Crippen LogP contribution in [0.15, 0.2) is 174 Å². The van der Waals surface area contributed by atoms with Crippen LogP contribution >= 0.6 is 0 Å². The van der Waals surface area contributed by atoms with Crippen LogP contribution in [-0.4, -0.2) is 4.98 Å². The van der Waals surface area contributed by atoms with Crippen molar-refractivity contribution in [3.05, 3.63) is 170 Å². The van der Waals surface area contributed by atoms with Crippen LogP contribution in [0.1, 0.15) is 0 Å². The number of fused-ring (bicyclic) bond motifs is 6. The summed E-state index contributed by atoms with van der Waals surface area (Å²) < 4.78 is 6.21. The fourth-order valence-electron chi connectivity index (χ4n) is 6.70. The molecule has 0 radical (unpaired) electrons. The number of hydrogen-bond donors (Lipinski definition) is 0. The molecule has 46 heavy (non-hydrogen) atoms. The molecule has 0 N–H and O–H groups in total. The van der Waals surface area contributed by atoms with E-state index in [1.807, 2.05) is 12.1 Å². The van der Waals surface area contributed by atoms with Gasteiger partial charge in [-0.1, -0.05) is 103 Å². The van der Waals surface area contributed by atoms with Crippen molar-refractivity contribution in [2.24, 2.45) is 0 Å². The standard InChI is InChI=1S/C43H28N2O/c1-2-9-29(10-3-1)30-16-20-33(21-17-30)45(35-24-25-39-40-15-8-26-44-43(40)46-42(39)28-35)34-22-18-31(19-23-34)41-27-32-11-4-5-12-36(32)37-13-6-7-14-38(37)41/h1-28H. The number of benzene rings is 7. The average molecular weight is 589 g/mol. The zero-order chi connectivity index (χ0) is 30.5. The predicted octanol–water partition coefficient (Wildman–Crippen LogP) is 12.1. The van der Waals surface area contributed by atoms with Crippen molar-refractivity contribution in [1.29, 1.82) is 0 Å². The summed E-state index contributed by atoms with van der Waals surface area (Å²) in [5.74, 6) is 0. The first-order valence-corrected chi connectivity index (χ1v) is 15.5. The minimum absolute atomic E-state index is 0.653. The van der Waals surface area contributed by atoms with Crippen LogP contribution in [0.4, 0.5) is 17.1 Å². The van der Waals surface area contributed by atoms with E-state index in [-0.39, 0.29) is 0 Å². The van der Waals surface area contributed by atoms with Gasteiger partial charge in [0.25, 0.3) is 0 Å². The van der Waals surface area contributed by atoms with E-state index in [0.717, 1.165) is 33.4 Å². The van der Waals surface area contributed by atoms with E-state index in [1.54, 1.807) is 6.20 Å². The molecule has 0 unspecified atom stereocenters. The van der Waals surface area contributed by atoms with Crippen LogP contribution in [0.25, 0.3) is 65.9 Å². The van der Waals surface area contributed by atoms with Gasteiger partial charge in [-0.3, -0.25) is 0 Å². The van der Waals surface area contributed by atoms with E-state index in [0.29, 0.717) is 5.71 Å². The summed E-state index contributed by atoms with van der Waals surface area (Å²) in [7, 11) is 0. The van der Waals surface area contributed by atoms with Crippen molar-refractivity contribution in [2.75, 3.05) is 4.90 Å². The summed E-state index contributed by atoms with van der Waals surface area (Å²) in [4.78, 5) is 6.74. The molecule has 216 valence electrons. The van der Waals surface area contributed by atoms with Gasteiger partial charge in [-0.2, -0.15) is 0 Å². The summed E-state index contributed by atoms with van der Waals surface area (Å²) in [6.07, 6.45) is 1.77. The Balaban J connectivity index is 1.18. The first-order chi connectivity index (χ1) is 22.8. The molecular formula is C43H28N2O. The monoisotopic (exact) mass is 588 g/mol. The van der Waals surface area contributed by atoms with Crippen LogP contribution < -0.4 is 4.90 Å². The third kappa shape index (κ3) is 4.41. The highest BCUT2D eigenvalue weighted by Crippen LogP contribution is 2.41. The molecular weight excluding hydrogens is 560 g/mol. The van der Waals surface area contributed by atoms with Crippen LogP contribution in [-0.2, 0) is 0 Å². The van der Waals surface area contributed by atoms with Gasteiger partial charge >= 0.3 is 0 Å². The molecule has 9 rings (SSSR count). The molecule has 0 aliphatic rings. The number of aromatic nitrogens is 1. The molecule has 2 aromatic heterocycles. The SMILES string of the molecule is c1ccc(-c2ccc(N(c3ccc(-c4cc5ccccc5c5ccccc45)cc3)c3ccc4c(c3)oc3ncccc34)cc2)cc1. The predicted molar refractivity (Wildman–Crippen MR) is 192 cm³/mol. The van der Waals surface area contributed by atoms with E-state index in [9.17, 15) is 0 Å². The van der Waals surface area contributed by atoms with E-state index < -0.39 is 0 Å². The molecule has 0 saturated heterocycles. The largest absolute Gasteiger partial charge is 0.438 e. The lowest BCUT2D eigenvalue weighted by atomic mass is 9.93. The Morgan fingerprint density at radius 3 is 1.80 bits per heavy atom. The molecule has 0 amide bonds. The van der Waals surface area contributed by atoms with Gasteiger partial charge in [-0.05, 0) is 98.4 Å². The van der Waals surface area contributed by atoms with E-state index in [4.69, 9.17) is 4.42 Å². The number of hydrogen-bond acceptors (Lipinski definition) is 3. The Morgan fingerprint density at radius 1 is 0.413 bits per heavy atom. The maximum atomic E-state index is 6.21. The smallest absolute Gasteiger partial charge is 0.227 e. The van der Waals surface area contributed by atoms with Crippen molar-refractivity contribution in [3.63, 3.8) is 0 Å². The summed E-state index contributed by atoms with van der Waals surface area (Å²) in [6, 6.07) is 58.2. The summed E-state index contributed by atoms with van der Waals surface area (Å²) in [6.45, 7) is 0. The van der Waals surface area contributed by atoms with Crippen molar-refractivity contribution in [2.45, 2.75) is 0 Å². The lowest BCUT2D eigenvalue weighted by Gasteiger charge is -2.26. The molecule has 0 spiro atoms. The lowest BCUT2D eigenvalue weighted by molar-refractivity contribution is 0.654. The van der Waals surface area contributed by atoms with Crippen LogP contribution in [0.5, 0.6) is 0 Å². The van der Waals surface area contributed by atoms with Crippen molar-refractivity contribution >= 4 is 60.7 Å². The minimum Gasteiger partial charge on any atom is -0.438 e. The van der Waals surface area contributed by atoms with Crippen molar-refractivity contribution < 1.29 is 4.42 Å². The Labute approximate surface area is 266 Å². The highest BCUT2D eigenvalue weighted by molar-refractivity contribution is 6.13. The van der Waals surface area contributed by atoms with Gasteiger partial charge in [0.2, 0.25) is 5.71 Å². The number of nitrogens with zero attached hydrogens (tertiary/aromatic N) is 2. The van der Waals surface area contributed by atoms with Gasteiger partial charge in [0, 0.05) is 40.1 Å². The molecule has 0 bridgehead atoms. The Morgan fingerprint density at radius 2 is 1.02 bits per heavy atom. The van der Waals surface area contributed by atoms with Gasteiger partial charge in [-0.25, -0.2) is 4.98 Å². The molecule has 7 aromatic carbocycles. The molecule has 9 aromatic rings. The number of anilines is 3. The van der Waals surface area contributed by atoms with Gasteiger partial charge < -0.3 is 9.32 Å². The lowest BCUT2D eigenvalue weighted by Crippen LogP contribution is -2.09. The highest BCUT2D eigenvalue weighted by Gasteiger charge is 2.17. The molecule has 0 atom stereocenters. The third-order valence-electron chi connectivity index (χ3n) is 8.93.